The molecule has 1 atom stereocenters. The molecular formula is C15H17BrN2OS2. The van der Waals surface area contributed by atoms with E-state index in [-0.39, 0.29) is 0 Å². The molecule has 0 amide bonds. The molecule has 3 aromatic rings. The lowest BCUT2D eigenvalue weighted by molar-refractivity contribution is 0.179. The van der Waals surface area contributed by atoms with Crippen molar-refractivity contribution in [2.45, 2.75) is 39.3 Å². The zero-order chi connectivity index (χ0) is 15.0. The molecule has 0 spiro atoms. The Morgan fingerprint density at radius 2 is 2.19 bits per heavy atom. The number of aryl methyl sites for hydroxylation is 2. The quantitative estimate of drug-likeness (QED) is 0.686. The van der Waals surface area contributed by atoms with Crippen molar-refractivity contribution in [2.24, 2.45) is 0 Å². The van der Waals surface area contributed by atoms with Gasteiger partial charge in [0.15, 0.2) is 0 Å². The van der Waals surface area contributed by atoms with Gasteiger partial charge in [-0.2, -0.15) is 5.10 Å². The first-order chi connectivity index (χ1) is 10.1. The largest absolute Gasteiger partial charge is 0.387 e. The molecule has 0 fully saturated rings. The van der Waals surface area contributed by atoms with Crippen LogP contribution in [0.15, 0.2) is 22.0 Å². The molecule has 3 rings (SSSR count). The maximum atomic E-state index is 10.6. The van der Waals surface area contributed by atoms with Crippen molar-refractivity contribution >= 4 is 48.0 Å². The average molecular weight is 385 g/mol. The van der Waals surface area contributed by atoms with Crippen LogP contribution in [0.2, 0.25) is 0 Å². The van der Waals surface area contributed by atoms with Crippen LogP contribution in [0.4, 0.5) is 0 Å². The number of fused-ring (bicyclic) bond motifs is 1. The fourth-order valence-electron chi connectivity index (χ4n) is 2.44. The highest BCUT2D eigenvalue weighted by molar-refractivity contribution is 9.10. The third-order valence-electron chi connectivity index (χ3n) is 3.57. The van der Waals surface area contributed by atoms with E-state index in [0.717, 1.165) is 33.7 Å². The summed E-state index contributed by atoms with van der Waals surface area (Å²) in [6, 6.07) is 4.22. The maximum absolute atomic E-state index is 10.6. The minimum atomic E-state index is -0.474. The highest BCUT2D eigenvalue weighted by Gasteiger charge is 2.19. The molecule has 0 saturated carbocycles. The highest BCUT2D eigenvalue weighted by Crippen LogP contribution is 2.35. The van der Waals surface area contributed by atoms with E-state index in [1.54, 1.807) is 22.7 Å². The number of hydrogen-bond donors (Lipinski definition) is 1. The Morgan fingerprint density at radius 3 is 2.86 bits per heavy atom. The van der Waals surface area contributed by atoms with Crippen LogP contribution in [-0.2, 0) is 19.4 Å². The average Bonchev–Trinajstić information content (AvgIpc) is 3.13. The summed E-state index contributed by atoms with van der Waals surface area (Å²) < 4.78 is 5.55. The summed E-state index contributed by atoms with van der Waals surface area (Å²) in [5, 5.41) is 17.3. The van der Waals surface area contributed by atoms with Gasteiger partial charge in [0.25, 0.3) is 0 Å². The molecule has 0 saturated heterocycles. The Hall–Kier alpha value is -0.690. The molecule has 1 N–H and O–H groups in total. The molecule has 0 bridgehead atoms. The summed E-state index contributed by atoms with van der Waals surface area (Å²) in [4.78, 5) is 1.03. The molecule has 0 radical (unpaired) electrons. The fourth-order valence-corrected chi connectivity index (χ4v) is 5.28. The van der Waals surface area contributed by atoms with Gasteiger partial charge in [0.1, 0.15) is 0 Å². The number of thiophene rings is 2. The standard InChI is InChI=1S/C15H17BrN2OS2/c1-3-9-15(16)10(18(4-2)17-9)7-11(19)13-8-14-12(21-13)5-6-20-14/h5-6,8,11,19H,3-4,7H2,1-2H3. The molecule has 3 nitrogen and oxygen atoms in total. The minimum Gasteiger partial charge on any atom is -0.387 e. The van der Waals surface area contributed by atoms with E-state index in [1.807, 2.05) is 4.68 Å². The molecule has 0 aliphatic carbocycles. The Morgan fingerprint density at radius 1 is 1.38 bits per heavy atom. The van der Waals surface area contributed by atoms with Gasteiger partial charge in [-0.25, -0.2) is 0 Å². The third kappa shape index (κ3) is 2.82. The molecule has 0 aliphatic heterocycles. The van der Waals surface area contributed by atoms with Gasteiger partial charge in [-0.1, -0.05) is 6.92 Å². The van der Waals surface area contributed by atoms with E-state index < -0.39 is 6.10 Å². The summed E-state index contributed by atoms with van der Waals surface area (Å²) in [7, 11) is 0. The number of aromatic nitrogens is 2. The number of aliphatic hydroxyl groups excluding tert-OH is 1. The lowest BCUT2D eigenvalue weighted by atomic mass is 10.1. The summed E-state index contributed by atoms with van der Waals surface area (Å²) in [5.74, 6) is 0. The molecule has 0 aromatic carbocycles. The van der Waals surface area contributed by atoms with Crippen LogP contribution in [0.1, 0.15) is 36.2 Å². The van der Waals surface area contributed by atoms with E-state index in [2.05, 4.69) is 52.4 Å². The van der Waals surface area contributed by atoms with Crippen molar-refractivity contribution in [1.29, 1.82) is 0 Å². The van der Waals surface area contributed by atoms with Gasteiger partial charge in [0, 0.05) is 27.2 Å². The highest BCUT2D eigenvalue weighted by atomic mass is 79.9. The van der Waals surface area contributed by atoms with Crippen LogP contribution >= 0.6 is 38.6 Å². The Bertz CT molecular complexity index is 730. The molecule has 3 aromatic heterocycles. The summed E-state index contributed by atoms with van der Waals surface area (Å²) in [6.45, 7) is 5.00. The molecule has 6 heteroatoms. The first-order valence-electron chi connectivity index (χ1n) is 7.03. The second-order valence-electron chi connectivity index (χ2n) is 4.89. The number of halogens is 1. The molecule has 1 unspecified atom stereocenters. The summed E-state index contributed by atoms with van der Waals surface area (Å²) in [6.07, 6.45) is 1.01. The number of hydrogen-bond acceptors (Lipinski definition) is 4. The van der Waals surface area contributed by atoms with E-state index in [1.165, 1.54) is 9.40 Å². The SMILES string of the molecule is CCc1nn(CC)c(CC(O)c2cc3sccc3s2)c1Br. The third-order valence-corrected chi connectivity index (χ3v) is 6.68. The lowest BCUT2D eigenvalue weighted by Crippen LogP contribution is -2.08. The zero-order valence-electron chi connectivity index (χ0n) is 12.0. The van der Waals surface area contributed by atoms with Crippen molar-refractivity contribution in [1.82, 2.24) is 9.78 Å². The van der Waals surface area contributed by atoms with Crippen molar-refractivity contribution in [3.63, 3.8) is 0 Å². The van der Waals surface area contributed by atoms with E-state index in [4.69, 9.17) is 0 Å². The van der Waals surface area contributed by atoms with Crippen molar-refractivity contribution in [2.75, 3.05) is 0 Å². The van der Waals surface area contributed by atoms with Crippen LogP contribution in [0.25, 0.3) is 9.40 Å². The monoisotopic (exact) mass is 384 g/mol. The first kappa shape index (κ1) is 15.2. The predicted molar refractivity (Wildman–Crippen MR) is 93.3 cm³/mol. The van der Waals surface area contributed by atoms with E-state index in [0.29, 0.717) is 6.42 Å². The Balaban J connectivity index is 1.88. The number of aliphatic hydroxyl groups is 1. The second-order valence-corrected chi connectivity index (χ2v) is 7.75. The first-order valence-corrected chi connectivity index (χ1v) is 9.52. The summed E-state index contributed by atoms with van der Waals surface area (Å²) in [5.41, 5.74) is 2.14. The number of nitrogens with zero attached hydrogens (tertiary/aromatic N) is 2. The van der Waals surface area contributed by atoms with Gasteiger partial charge >= 0.3 is 0 Å². The van der Waals surface area contributed by atoms with Gasteiger partial charge < -0.3 is 5.11 Å². The normalized spacial score (nSPS) is 13.1. The Labute approximate surface area is 140 Å². The van der Waals surface area contributed by atoms with Crippen molar-refractivity contribution in [3.05, 3.63) is 38.3 Å². The van der Waals surface area contributed by atoms with Gasteiger partial charge in [0.2, 0.25) is 0 Å². The van der Waals surface area contributed by atoms with Crippen LogP contribution in [-0.4, -0.2) is 14.9 Å². The van der Waals surface area contributed by atoms with Crippen LogP contribution < -0.4 is 0 Å². The van der Waals surface area contributed by atoms with Gasteiger partial charge in [-0.15, -0.1) is 22.7 Å². The topological polar surface area (TPSA) is 38.0 Å². The Kier molecular flexibility index (Phi) is 4.49. The van der Waals surface area contributed by atoms with Crippen LogP contribution in [0.3, 0.4) is 0 Å². The summed E-state index contributed by atoms with van der Waals surface area (Å²) >= 11 is 7.04. The van der Waals surface area contributed by atoms with Gasteiger partial charge in [0.05, 0.1) is 22.0 Å². The van der Waals surface area contributed by atoms with Crippen LogP contribution in [0.5, 0.6) is 0 Å². The predicted octanol–water partition coefficient (Wildman–Crippen LogP) is 4.78. The van der Waals surface area contributed by atoms with Crippen molar-refractivity contribution < 1.29 is 5.11 Å². The van der Waals surface area contributed by atoms with Gasteiger partial charge in [-0.05, 0) is 46.8 Å². The lowest BCUT2D eigenvalue weighted by Gasteiger charge is -2.10. The van der Waals surface area contributed by atoms with Crippen molar-refractivity contribution in [3.8, 4) is 0 Å². The molecule has 0 aliphatic rings. The molecule has 3 heterocycles. The zero-order valence-corrected chi connectivity index (χ0v) is 15.2. The molecule has 112 valence electrons. The maximum Gasteiger partial charge on any atom is 0.0938 e. The van der Waals surface area contributed by atoms with E-state index in [9.17, 15) is 5.11 Å². The van der Waals surface area contributed by atoms with Crippen LogP contribution in [0, 0.1) is 0 Å². The fraction of sp³-hybridized carbons (Fsp3) is 0.400. The minimum absolute atomic E-state index is 0.474. The van der Waals surface area contributed by atoms with E-state index >= 15 is 0 Å². The smallest absolute Gasteiger partial charge is 0.0938 e. The number of rotatable bonds is 5. The second kappa shape index (κ2) is 6.20. The molecular weight excluding hydrogens is 368 g/mol. The molecule has 21 heavy (non-hydrogen) atoms. The van der Waals surface area contributed by atoms with Gasteiger partial charge in [-0.3, -0.25) is 4.68 Å².